The molecule has 0 unspecified atom stereocenters. The van der Waals surface area contributed by atoms with Crippen molar-refractivity contribution < 1.29 is 14.6 Å². The van der Waals surface area contributed by atoms with Crippen molar-refractivity contribution in [2.45, 2.75) is 96.5 Å². The number of hydrogen-bond donors (Lipinski definition) is 1. The van der Waals surface area contributed by atoms with E-state index >= 15 is 0 Å². The minimum absolute atomic E-state index is 0.0734. The summed E-state index contributed by atoms with van der Waals surface area (Å²) in [6.07, 6.45) is 8.98. The lowest BCUT2D eigenvalue weighted by Gasteiger charge is -2.33. The van der Waals surface area contributed by atoms with Crippen molar-refractivity contribution in [3.63, 3.8) is 0 Å². The second kappa shape index (κ2) is 14.9. The fourth-order valence-corrected chi connectivity index (χ4v) is 5.20. The minimum Gasteiger partial charge on any atom is -0.489 e. The maximum Gasteiger partial charge on any atom is 0.133 e. The Bertz CT molecular complexity index is 887. The molecule has 3 heteroatoms. The van der Waals surface area contributed by atoms with Crippen LogP contribution >= 0.6 is 0 Å². The summed E-state index contributed by atoms with van der Waals surface area (Å²) in [6, 6.07) is 16.9. The number of benzene rings is 2. The third kappa shape index (κ3) is 8.65. The number of carbonyl (C=O) groups excluding carboxylic acids is 1. The largest absolute Gasteiger partial charge is 0.489 e. The van der Waals surface area contributed by atoms with Crippen molar-refractivity contribution in [1.82, 2.24) is 0 Å². The molecule has 2 aromatic carbocycles. The molecule has 1 saturated carbocycles. The highest BCUT2D eigenvalue weighted by atomic mass is 16.5. The van der Waals surface area contributed by atoms with Crippen LogP contribution in [0.4, 0.5) is 0 Å². The summed E-state index contributed by atoms with van der Waals surface area (Å²) in [5.41, 5.74) is 3.64. The number of Topliss-reactive ketones (excluding diaryl/α,β-unsaturated/α-hetero) is 1. The van der Waals surface area contributed by atoms with Gasteiger partial charge >= 0.3 is 0 Å². The average Bonchev–Trinajstić information content (AvgIpc) is 2.88. The van der Waals surface area contributed by atoms with Gasteiger partial charge in [-0.25, -0.2) is 0 Å². The van der Waals surface area contributed by atoms with Crippen molar-refractivity contribution in [3.8, 4) is 5.75 Å². The van der Waals surface area contributed by atoms with E-state index in [0.717, 1.165) is 36.1 Å². The summed E-state index contributed by atoms with van der Waals surface area (Å²) in [4.78, 5) is 12.4. The first-order valence-electron chi connectivity index (χ1n) is 13.4. The molecule has 0 amide bonds. The zero-order valence-corrected chi connectivity index (χ0v) is 22.2. The normalized spacial score (nSPS) is 18.0. The third-order valence-electron chi connectivity index (χ3n) is 7.40. The van der Waals surface area contributed by atoms with Crippen LogP contribution in [0.2, 0.25) is 0 Å². The predicted molar refractivity (Wildman–Crippen MR) is 147 cm³/mol. The molecule has 3 nitrogen and oxygen atoms in total. The molecule has 1 aliphatic carbocycles. The van der Waals surface area contributed by atoms with E-state index < -0.39 is 0 Å². The maximum atomic E-state index is 12.4. The van der Waals surface area contributed by atoms with Crippen LogP contribution in [-0.4, -0.2) is 17.5 Å². The number of aliphatic hydroxyl groups excluding tert-OH is 1. The second-order valence-electron chi connectivity index (χ2n) is 10.4. The van der Waals surface area contributed by atoms with Gasteiger partial charge in [0, 0.05) is 19.4 Å². The summed E-state index contributed by atoms with van der Waals surface area (Å²) in [5.74, 6) is 1.66. The molecule has 0 radical (unpaired) electrons. The van der Waals surface area contributed by atoms with Gasteiger partial charge in [-0.15, -0.1) is 13.2 Å². The van der Waals surface area contributed by atoms with E-state index in [1.54, 1.807) is 0 Å². The Kier molecular flexibility index (Phi) is 12.3. The zero-order chi connectivity index (χ0) is 25.7. The molecule has 35 heavy (non-hydrogen) atoms. The number of carbonyl (C=O) groups is 1. The predicted octanol–water partition coefficient (Wildman–Crippen LogP) is 8.15. The van der Waals surface area contributed by atoms with E-state index in [1.807, 2.05) is 18.2 Å². The molecule has 1 N–H and O–H groups in total. The van der Waals surface area contributed by atoms with Gasteiger partial charge in [0.2, 0.25) is 0 Å². The van der Waals surface area contributed by atoms with Crippen LogP contribution in [0.3, 0.4) is 0 Å². The SMILES string of the molecule is C=C.CCCCCCC(C)(C)c1ccc([C@@H]2CC(=O)CC[C@H]2CCO)c(OCc2ccccc2)c1. The van der Waals surface area contributed by atoms with Crippen LogP contribution in [0.1, 0.15) is 101 Å². The molecule has 0 spiro atoms. The van der Waals surface area contributed by atoms with Crippen molar-refractivity contribution in [1.29, 1.82) is 0 Å². The van der Waals surface area contributed by atoms with Gasteiger partial charge in [-0.1, -0.05) is 88.9 Å². The van der Waals surface area contributed by atoms with Crippen LogP contribution in [0.5, 0.6) is 5.75 Å². The molecule has 192 valence electrons. The monoisotopic (exact) mass is 478 g/mol. The Morgan fingerprint density at radius 3 is 2.49 bits per heavy atom. The fraction of sp³-hybridized carbons (Fsp3) is 0.531. The number of unbranched alkanes of at least 4 members (excludes halogenated alkanes) is 3. The Labute approximate surface area is 213 Å². The number of aliphatic hydroxyl groups is 1. The lowest BCUT2D eigenvalue weighted by Crippen LogP contribution is -2.25. The zero-order valence-electron chi connectivity index (χ0n) is 22.2. The number of ether oxygens (including phenoxy) is 1. The first kappa shape index (κ1) is 28.8. The quantitative estimate of drug-likeness (QED) is 0.247. The van der Waals surface area contributed by atoms with Crippen LogP contribution in [0.25, 0.3) is 0 Å². The van der Waals surface area contributed by atoms with Crippen molar-refractivity contribution in [2.24, 2.45) is 5.92 Å². The van der Waals surface area contributed by atoms with Gasteiger partial charge in [0.05, 0.1) is 0 Å². The van der Waals surface area contributed by atoms with Gasteiger partial charge < -0.3 is 9.84 Å². The molecule has 0 saturated heterocycles. The highest BCUT2D eigenvalue weighted by Crippen LogP contribution is 2.43. The summed E-state index contributed by atoms with van der Waals surface area (Å²) in [5, 5.41) is 9.63. The second-order valence-corrected chi connectivity index (χ2v) is 10.4. The number of ketones is 1. The lowest BCUT2D eigenvalue weighted by atomic mass is 9.72. The van der Waals surface area contributed by atoms with Crippen LogP contribution < -0.4 is 4.74 Å². The van der Waals surface area contributed by atoms with E-state index in [2.05, 4.69) is 64.3 Å². The topological polar surface area (TPSA) is 46.5 Å². The molecule has 3 rings (SSSR count). The lowest BCUT2D eigenvalue weighted by molar-refractivity contribution is -0.121. The molecule has 1 fully saturated rings. The Hall–Kier alpha value is -2.39. The first-order valence-corrected chi connectivity index (χ1v) is 13.4. The molecule has 0 aromatic heterocycles. The third-order valence-corrected chi connectivity index (χ3v) is 7.40. The molecule has 0 bridgehead atoms. The van der Waals surface area contributed by atoms with Gasteiger partial charge in [-0.2, -0.15) is 0 Å². The van der Waals surface area contributed by atoms with E-state index in [1.165, 1.54) is 31.2 Å². The molecule has 1 aliphatic rings. The van der Waals surface area contributed by atoms with E-state index in [0.29, 0.717) is 31.1 Å². The fourth-order valence-electron chi connectivity index (χ4n) is 5.20. The summed E-state index contributed by atoms with van der Waals surface area (Å²) >= 11 is 0. The minimum atomic E-state index is 0.0734. The first-order chi connectivity index (χ1) is 16.9. The standard InChI is InChI=1S/C30H42O3.C2H4/c1-4-5-6-10-18-30(2,3)25-14-16-27(28-21-26(32)15-13-24(28)17-19-31)29(20-25)33-22-23-11-8-7-9-12-23;1-2/h7-9,11-12,14,16,20,24,28,31H,4-6,10,13,15,17-19,21-22H2,1-3H3;1-2H2/t24-,28+;/m0./s1. The maximum absolute atomic E-state index is 12.4. The molecular weight excluding hydrogens is 432 g/mol. The summed E-state index contributed by atoms with van der Waals surface area (Å²) in [6.45, 7) is 13.6. The average molecular weight is 479 g/mol. The number of hydrogen-bond acceptors (Lipinski definition) is 3. The number of rotatable bonds is 12. The van der Waals surface area contributed by atoms with Gasteiger partial charge in [0.25, 0.3) is 0 Å². The van der Waals surface area contributed by atoms with Crippen molar-refractivity contribution in [2.75, 3.05) is 6.61 Å². The van der Waals surface area contributed by atoms with Gasteiger partial charge in [-0.3, -0.25) is 4.79 Å². The Balaban J connectivity index is 0.00000210. The summed E-state index contributed by atoms with van der Waals surface area (Å²) < 4.78 is 6.44. The highest BCUT2D eigenvalue weighted by molar-refractivity contribution is 5.80. The molecule has 0 aliphatic heterocycles. The Morgan fingerprint density at radius 1 is 1.06 bits per heavy atom. The Morgan fingerprint density at radius 2 is 1.80 bits per heavy atom. The van der Waals surface area contributed by atoms with Crippen LogP contribution in [0.15, 0.2) is 61.7 Å². The van der Waals surface area contributed by atoms with Gasteiger partial charge in [0.15, 0.2) is 0 Å². The van der Waals surface area contributed by atoms with E-state index in [9.17, 15) is 9.90 Å². The van der Waals surface area contributed by atoms with Gasteiger partial charge in [-0.05, 0) is 59.3 Å². The molecule has 0 heterocycles. The van der Waals surface area contributed by atoms with Crippen LogP contribution in [0, 0.1) is 5.92 Å². The van der Waals surface area contributed by atoms with Crippen molar-refractivity contribution >= 4 is 5.78 Å². The van der Waals surface area contributed by atoms with Gasteiger partial charge in [0.1, 0.15) is 18.1 Å². The molecule has 2 atom stereocenters. The van der Waals surface area contributed by atoms with E-state index in [-0.39, 0.29) is 17.9 Å². The summed E-state index contributed by atoms with van der Waals surface area (Å²) in [7, 11) is 0. The smallest absolute Gasteiger partial charge is 0.133 e. The highest BCUT2D eigenvalue weighted by Gasteiger charge is 2.33. The van der Waals surface area contributed by atoms with E-state index in [4.69, 9.17) is 4.74 Å². The van der Waals surface area contributed by atoms with Crippen molar-refractivity contribution in [3.05, 3.63) is 78.4 Å². The van der Waals surface area contributed by atoms with Crippen LogP contribution in [-0.2, 0) is 16.8 Å². The molecule has 2 aromatic rings. The molecular formula is C32H46O3.